The topological polar surface area (TPSA) is 21.3 Å². The van der Waals surface area contributed by atoms with Crippen molar-refractivity contribution in [2.24, 2.45) is 0 Å². The van der Waals surface area contributed by atoms with Crippen molar-refractivity contribution >= 4 is 7.05 Å². The molecule has 0 saturated carbocycles. The van der Waals surface area contributed by atoms with E-state index in [1.165, 1.54) is 22.3 Å². The fourth-order valence-electron chi connectivity index (χ4n) is 2.64. The molecule has 2 aromatic carbocycles. The summed E-state index contributed by atoms with van der Waals surface area (Å²) in [7, 11) is 0.134. The van der Waals surface area contributed by atoms with Gasteiger partial charge in [-0.15, -0.1) is 0 Å². The smallest absolute Gasteiger partial charge is 0.376 e. The number of nitrogens with one attached hydrogen (secondary N) is 1. The van der Waals surface area contributed by atoms with Crippen LogP contribution in [0.2, 0.25) is 6.82 Å². The molecule has 0 amide bonds. The van der Waals surface area contributed by atoms with Crippen LogP contribution in [-0.2, 0) is 4.65 Å². The zero-order chi connectivity index (χ0) is 13.2. The molecule has 0 radical (unpaired) electrons. The molecular formula is C16H18BNO. The van der Waals surface area contributed by atoms with Gasteiger partial charge >= 0.3 is 7.05 Å². The maximum absolute atomic E-state index is 5.63. The quantitative estimate of drug-likeness (QED) is 0.825. The van der Waals surface area contributed by atoms with E-state index in [2.05, 4.69) is 67.5 Å². The molecule has 0 spiro atoms. The second-order valence-electron chi connectivity index (χ2n) is 5.15. The van der Waals surface area contributed by atoms with Crippen molar-refractivity contribution in [3.63, 3.8) is 0 Å². The second-order valence-corrected chi connectivity index (χ2v) is 5.15. The van der Waals surface area contributed by atoms with E-state index in [-0.39, 0.29) is 13.1 Å². The molecule has 19 heavy (non-hydrogen) atoms. The average molecular weight is 251 g/mol. The molecule has 1 atom stereocenters. The summed E-state index contributed by atoms with van der Waals surface area (Å²) in [5.74, 6) is 0. The standard InChI is InChI=1S/C16H18BNO/c1-12-8-9-14(16-11-19-17(2)18-16)15(10-12)13-6-4-3-5-7-13/h3-10,16,18H,11H2,1-2H3. The summed E-state index contributed by atoms with van der Waals surface area (Å²) in [6, 6.07) is 17.5. The van der Waals surface area contributed by atoms with Crippen LogP contribution in [0.5, 0.6) is 0 Å². The Morgan fingerprint density at radius 1 is 1.16 bits per heavy atom. The minimum absolute atomic E-state index is 0.134. The zero-order valence-electron chi connectivity index (χ0n) is 11.4. The number of benzene rings is 2. The highest BCUT2D eigenvalue weighted by atomic mass is 16.5. The zero-order valence-corrected chi connectivity index (χ0v) is 11.4. The number of rotatable bonds is 2. The molecular weight excluding hydrogens is 233 g/mol. The second kappa shape index (κ2) is 5.20. The van der Waals surface area contributed by atoms with Crippen molar-refractivity contribution in [1.82, 2.24) is 5.23 Å². The van der Waals surface area contributed by atoms with Gasteiger partial charge < -0.3 is 9.88 Å². The van der Waals surface area contributed by atoms with E-state index in [4.69, 9.17) is 4.65 Å². The first kappa shape index (κ1) is 12.5. The average Bonchev–Trinajstić information content (AvgIpc) is 2.86. The number of hydrogen-bond donors (Lipinski definition) is 1. The molecule has 1 heterocycles. The van der Waals surface area contributed by atoms with Crippen LogP contribution >= 0.6 is 0 Å². The van der Waals surface area contributed by atoms with Crippen molar-refractivity contribution in [3.05, 3.63) is 59.7 Å². The van der Waals surface area contributed by atoms with Crippen LogP contribution in [0.4, 0.5) is 0 Å². The minimum Gasteiger partial charge on any atom is -0.420 e. The molecule has 2 nitrogen and oxygen atoms in total. The molecule has 0 aromatic heterocycles. The van der Waals surface area contributed by atoms with Crippen molar-refractivity contribution < 1.29 is 4.65 Å². The maximum Gasteiger partial charge on any atom is 0.376 e. The molecule has 1 saturated heterocycles. The molecule has 0 aliphatic carbocycles. The van der Waals surface area contributed by atoms with E-state index < -0.39 is 0 Å². The molecule has 2 aromatic rings. The number of aryl methyl sites for hydroxylation is 1. The Morgan fingerprint density at radius 2 is 1.95 bits per heavy atom. The Morgan fingerprint density at radius 3 is 2.63 bits per heavy atom. The molecule has 1 fully saturated rings. The van der Waals surface area contributed by atoms with E-state index in [1.807, 2.05) is 0 Å². The van der Waals surface area contributed by atoms with Crippen molar-refractivity contribution in [1.29, 1.82) is 0 Å². The SMILES string of the molecule is CB1NC(c2ccc(C)cc2-c2ccccc2)CO1. The van der Waals surface area contributed by atoms with Gasteiger partial charge in [0, 0.05) is 12.6 Å². The molecule has 1 N–H and O–H groups in total. The maximum atomic E-state index is 5.63. The molecule has 0 bridgehead atoms. The molecule has 3 heteroatoms. The Bertz CT molecular complexity index is 570. The van der Waals surface area contributed by atoms with Crippen LogP contribution in [0.25, 0.3) is 11.1 Å². The van der Waals surface area contributed by atoms with E-state index in [1.54, 1.807) is 0 Å². The van der Waals surface area contributed by atoms with Gasteiger partial charge in [-0.2, -0.15) is 0 Å². The third kappa shape index (κ3) is 2.58. The highest BCUT2D eigenvalue weighted by Gasteiger charge is 2.27. The first-order chi connectivity index (χ1) is 9.24. The number of hydrogen-bond acceptors (Lipinski definition) is 2. The molecule has 1 unspecified atom stereocenters. The van der Waals surface area contributed by atoms with Gasteiger partial charge in [-0.3, -0.25) is 0 Å². The van der Waals surface area contributed by atoms with Gasteiger partial charge in [0.25, 0.3) is 0 Å². The minimum atomic E-state index is 0.134. The lowest BCUT2D eigenvalue weighted by Crippen LogP contribution is -2.26. The van der Waals surface area contributed by atoms with Crippen molar-refractivity contribution in [2.75, 3.05) is 6.61 Å². The summed E-state index contributed by atoms with van der Waals surface area (Å²) in [5.41, 5.74) is 5.18. The Labute approximate surface area is 114 Å². The van der Waals surface area contributed by atoms with Gasteiger partial charge in [0.05, 0.1) is 0 Å². The molecule has 96 valence electrons. The fraction of sp³-hybridized carbons (Fsp3) is 0.250. The van der Waals surface area contributed by atoms with Crippen molar-refractivity contribution in [3.8, 4) is 11.1 Å². The monoisotopic (exact) mass is 251 g/mol. The van der Waals surface area contributed by atoms with Crippen LogP contribution < -0.4 is 5.23 Å². The van der Waals surface area contributed by atoms with E-state index in [0.717, 1.165) is 6.61 Å². The highest BCUT2D eigenvalue weighted by molar-refractivity contribution is 6.47. The van der Waals surface area contributed by atoms with Gasteiger partial charge in [-0.05, 0) is 30.4 Å². The van der Waals surface area contributed by atoms with Gasteiger partial charge in [0.15, 0.2) is 0 Å². The van der Waals surface area contributed by atoms with Crippen LogP contribution in [0.3, 0.4) is 0 Å². The fourth-order valence-corrected chi connectivity index (χ4v) is 2.64. The van der Waals surface area contributed by atoms with Crippen LogP contribution in [0.15, 0.2) is 48.5 Å². The van der Waals surface area contributed by atoms with E-state index >= 15 is 0 Å². The Balaban J connectivity index is 2.05. The summed E-state index contributed by atoms with van der Waals surface area (Å²) in [5, 5.41) is 3.48. The third-order valence-corrected chi connectivity index (χ3v) is 3.62. The van der Waals surface area contributed by atoms with E-state index in [0.29, 0.717) is 0 Å². The van der Waals surface area contributed by atoms with E-state index in [9.17, 15) is 0 Å². The Kier molecular flexibility index (Phi) is 3.41. The summed E-state index contributed by atoms with van der Waals surface area (Å²) in [4.78, 5) is 0. The van der Waals surface area contributed by atoms with Crippen LogP contribution in [0, 0.1) is 6.92 Å². The van der Waals surface area contributed by atoms with Crippen LogP contribution in [0.1, 0.15) is 17.2 Å². The van der Waals surface area contributed by atoms with Crippen LogP contribution in [-0.4, -0.2) is 13.7 Å². The third-order valence-electron chi connectivity index (χ3n) is 3.62. The lowest BCUT2D eigenvalue weighted by molar-refractivity contribution is 0.344. The van der Waals surface area contributed by atoms with Gasteiger partial charge in [0.1, 0.15) is 0 Å². The molecule has 3 rings (SSSR count). The first-order valence-corrected chi connectivity index (χ1v) is 6.77. The summed E-state index contributed by atoms with van der Waals surface area (Å²) >= 11 is 0. The normalized spacial score (nSPS) is 18.8. The largest absolute Gasteiger partial charge is 0.420 e. The summed E-state index contributed by atoms with van der Waals surface area (Å²) in [6.45, 7) is 4.93. The predicted molar refractivity (Wildman–Crippen MR) is 80.1 cm³/mol. The predicted octanol–water partition coefficient (Wildman–Crippen LogP) is 3.44. The molecule has 1 aliphatic rings. The summed E-state index contributed by atoms with van der Waals surface area (Å²) < 4.78 is 5.63. The summed E-state index contributed by atoms with van der Waals surface area (Å²) in [6.07, 6.45) is 0. The van der Waals surface area contributed by atoms with Gasteiger partial charge in [0.2, 0.25) is 0 Å². The lowest BCUT2D eigenvalue weighted by atomic mass is 9.87. The van der Waals surface area contributed by atoms with Crippen molar-refractivity contribution in [2.45, 2.75) is 19.8 Å². The highest BCUT2D eigenvalue weighted by Crippen LogP contribution is 2.31. The lowest BCUT2D eigenvalue weighted by Gasteiger charge is -2.16. The van der Waals surface area contributed by atoms with Gasteiger partial charge in [-0.1, -0.05) is 54.1 Å². The molecule has 1 aliphatic heterocycles. The van der Waals surface area contributed by atoms with Gasteiger partial charge in [-0.25, -0.2) is 0 Å². The first-order valence-electron chi connectivity index (χ1n) is 6.77. The Hall–Kier alpha value is -1.58.